The smallest absolute Gasteiger partial charge is 0.248 e. The lowest BCUT2D eigenvalue weighted by Crippen LogP contribution is -2.09. The summed E-state index contributed by atoms with van der Waals surface area (Å²) >= 11 is 11.9. The summed E-state index contributed by atoms with van der Waals surface area (Å²) in [6.45, 7) is 1.70. The Morgan fingerprint density at radius 2 is 1.96 bits per heavy atom. The Labute approximate surface area is 166 Å². The number of carbonyl (C=O) groups is 1. The van der Waals surface area contributed by atoms with Crippen LogP contribution in [0, 0.1) is 12.7 Å². The molecule has 1 fully saturated rings. The summed E-state index contributed by atoms with van der Waals surface area (Å²) in [5.74, 6) is -1.01. The Hall–Kier alpha value is -2.17. The quantitative estimate of drug-likeness (QED) is 0.451. The van der Waals surface area contributed by atoms with Crippen LogP contribution in [-0.4, -0.2) is 11.6 Å². The van der Waals surface area contributed by atoms with Gasteiger partial charge in [-0.05, 0) is 60.9 Å². The van der Waals surface area contributed by atoms with Crippen molar-refractivity contribution in [1.82, 2.24) is 0 Å². The highest BCUT2D eigenvalue weighted by molar-refractivity contribution is 6.42. The molecule has 2 aromatic carbocycles. The zero-order valence-corrected chi connectivity index (χ0v) is 16.0. The van der Waals surface area contributed by atoms with Crippen molar-refractivity contribution in [2.24, 2.45) is 0 Å². The molecule has 2 aromatic rings. The Kier molecular flexibility index (Phi) is 5.68. The van der Waals surface area contributed by atoms with Crippen LogP contribution < -0.4 is 5.32 Å². The standard InChI is InChI=1S/C21H17Cl2F2NO/c1-13-10-15(24)6-8-19(13)26-20(27)4-2-3-9-21(25)12-16(21)14-5-7-17(22)18(23)11-14/h2-11,16H,12H2,1H3,(H,26,27)/b4-2+,9-3+. The highest BCUT2D eigenvalue weighted by atomic mass is 35.5. The van der Waals surface area contributed by atoms with Gasteiger partial charge in [0, 0.05) is 17.7 Å². The fourth-order valence-corrected chi connectivity index (χ4v) is 3.17. The van der Waals surface area contributed by atoms with Crippen molar-refractivity contribution >= 4 is 34.8 Å². The summed E-state index contributed by atoms with van der Waals surface area (Å²) < 4.78 is 27.8. The van der Waals surface area contributed by atoms with E-state index in [2.05, 4.69) is 5.32 Å². The summed E-state index contributed by atoms with van der Waals surface area (Å²) in [5.41, 5.74) is 0.493. The van der Waals surface area contributed by atoms with E-state index in [9.17, 15) is 13.6 Å². The van der Waals surface area contributed by atoms with Gasteiger partial charge in [0.1, 0.15) is 11.5 Å². The number of amides is 1. The Bertz CT molecular complexity index is 942. The first-order chi connectivity index (χ1) is 12.8. The number of aryl methyl sites for hydroxylation is 1. The molecule has 1 aliphatic rings. The molecule has 0 aromatic heterocycles. The number of hydrogen-bond acceptors (Lipinski definition) is 1. The maximum absolute atomic E-state index is 14.7. The summed E-state index contributed by atoms with van der Waals surface area (Å²) in [6, 6.07) is 9.20. The van der Waals surface area contributed by atoms with Crippen LogP contribution >= 0.6 is 23.2 Å². The largest absolute Gasteiger partial charge is 0.322 e. The molecule has 0 aliphatic heterocycles. The molecule has 3 rings (SSSR count). The van der Waals surface area contributed by atoms with E-state index in [0.717, 1.165) is 5.56 Å². The zero-order chi connectivity index (χ0) is 19.6. The van der Waals surface area contributed by atoms with E-state index >= 15 is 0 Å². The van der Waals surface area contributed by atoms with Crippen molar-refractivity contribution in [3.8, 4) is 0 Å². The Morgan fingerprint density at radius 1 is 1.19 bits per heavy atom. The molecule has 0 radical (unpaired) electrons. The molecule has 2 nitrogen and oxygen atoms in total. The molecule has 1 saturated carbocycles. The van der Waals surface area contributed by atoms with E-state index in [4.69, 9.17) is 23.2 Å². The molecule has 1 aliphatic carbocycles. The van der Waals surface area contributed by atoms with E-state index in [1.165, 1.54) is 42.5 Å². The minimum Gasteiger partial charge on any atom is -0.322 e. The Morgan fingerprint density at radius 3 is 2.67 bits per heavy atom. The second-order valence-corrected chi connectivity index (χ2v) is 7.34. The Balaban J connectivity index is 1.57. The summed E-state index contributed by atoms with van der Waals surface area (Å²) in [5, 5.41) is 3.49. The first kappa shape index (κ1) is 19.6. The van der Waals surface area contributed by atoms with Crippen molar-refractivity contribution in [2.75, 3.05) is 5.32 Å². The van der Waals surface area contributed by atoms with Gasteiger partial charge in [-0.3, -0.25) is 4.79 Å². The summed E-state index contributed by atoms with van der Waals surface area (Å²) in [7, 11) is 0. The lowest BCUT2D eigenvalue weighted by atomic mass is 10.1. The van der Waals surface area contributed by atoms with E-state index in [1.54, 1.807) is 25.1 Å². The predicted octanol–water partition coefficient (Wildman–Crippen LogP) is 6.39. The summed E-state index contributed by atoms with van der Waals surface area (Å²) in [6.07, 6.45) is 6.07. The molecule has 0 saturated heterocycles. The maximum Gasteiger partial charge on any atom is 0.248 e. The SMILES string of the molecule is Cc1cc(F)ccc1NC(=O)/C=C/C=C/C1(F)CC1c1ccc(Cl)c(Cl)c1. The van der Waals surface area contributed by atoms with Crippen LogP contribution in [0.2, 0.25) is 10.0 Å². The van der Waals surface area contributed by atoms with Gasteiger partial charge >= 0.3 is 0 Å². The molecule has 2 atom stereocenters. The number of nitrogens with one attached hydrogen (secondary N) is 1. The fourth-order valence-electron chi connectivity index (χ4n) is 2.86. The average Bonchev–Trinajstić information content (AvgIpc) is 3.29. The van der Waals surface area contributed by atoms with Gasteiger partial charge < -0.3 is 5.32 Å². The molecule has 140 valence electrons. The minimum atomic E-state index is -1.45. The first-order valence-electron chi connectivity index (χ1n) is 8.35. The van der Waals surface area contributed by atoms with Gasteiger partial charge in [0.15, 0.2) is 0 Å². The molecule has 1 amide bonds. The van der Waals surface area contributed by atoms with E-state index in [-0.39, 0.29) is 17.6 Å². The molecule has 6 heteroatoms. The van der Waals surface area contributed by atoms with E-state index in [1.807, 2.05) is 0 Å². The summed E-state index contributed by atoms with van der Waals surface area (Å²) in [4.78, 5) is 11.9. The lowest BCUT2D eigenvalue weighted by Gasteiger charge is -2.05. The number of hydrogen-bond donors (Lipinski definition) is 1. The zero-order valence-electron chi connectivity index (χ0n) is 14.5. The monoisotopic (exact) mass is 407 g/mol. The number of benzene rings is 2. The first-order valence-corrected chi connectivity index (χ1v) is 9.11. The van der Waals surface area contributed by atoms with Crippen LogP contribution in [-0.2, 0) is 4.79 Å². The molecule has 27 heavy (non-hydrogen) atoms. The van der Waals surface area contributed by atoms with Crippen LogP contribution in [0.25, 0.3) is 0 Å². The van der Waals surface area contributed by atoms with Crippen molar-refractivity contribution in [3.63, 3.8) is 0 Å². The van der Waals surface area contributed by atoms with Crippen molar-refractivity contribution in [3.05, 3.63) is 87.7 Å². The molecule has 2 unspecified atom stereocenters. The molecule has 0 bridgehead atoms. The third-order valence-corrected chi connectivity index (χ3v) is 5.20. The highest BCUT2D eigenvalue weighted by Gasteiger charge is 2.54. The van der Waals surface area contributed by atoms with Crippen molar-refractivity contribution < 1.29 is 13.6 Å². The van der Waals surface area contributed by atoms with Gasteiger partial charge in [-0.1, -0.05) is 41.4 Å². The van der Waals surface area contributed by atoms with Crippen LogP contribution in [0.5, 0.6) is 0 Å². The number of rotatable bonds is 5. The third kappa shape index (κ3) is 4.76. The third-order valence-electron chi connectivity index (χ3n) is 4.46. The molecule has 0 heterocycles. The van der Waals surface area contributed by atoms with Crippen LogP contribution in [0.4, 0.5) is 14.5 Å². The number of alkyl halides is 1. The lowest BCUT2D eigenvalue weighted by molar-refractivity contribution is -0.111. The van der Waals surface area contributed by atoms with Crippen LogP contribution in [0.1, 0.15) is 23.5 Å². The second-order valence-electron chi connectivity index (χ2n) is 6.52. The van der Waals surface area contributed by atoms with Gasteiger partial charge in [-0.15, -0.1) is 0 Å². The fraction of sp³-hybridized carbons (Fsp3) is 0.190. The van der Waals surface area contributed by atoms with Gasteiger partial charge in [0.05, 0.1) is 10.0 Å². The minimum absolute atomic E-state index is 0.271. The maximum atomic E-state index is 14.7. The number of carbonyl (C=O) groups excluding carboxylic acids is 1. The van der Waals surface area contributed by atoms with E-state index < -0.39 is 5.67 Å². The van der Waals surface area contributed by atoms with Crippen molar-refractivity contribution in [1.29, 1.82) is 0 Å². The topological polar surface area (TPSA) is 29.1 Å². The number of halogens is 4. The van der Waals surface area contributed by atoms with Gasteiger partial charge in [-0.25, -0.2) is 8.78 Å². The number of anilines is 1. The highest BCUT2D eigenvalue weighted by Crippen LogP contribution is 2.56. The molecular weight excluding hydrogens is 391 g/mol. The molecular formula is C21H17Cl2F2NO. The average molecular weight is 408 g/mol. The van der Waals surface area contributed by atoms with E-state index in [0.29, 0.717) is 27.7 Å². The van der Waals surface area contributed by atoms with Crippen LogP contribution in [0.3, 0.4) is 0 Å². The normalized spacial score (nSPS) is 21.7. The van der Waals surface area contributed by atoms with Crippen LogP contribution in [0.15, 0.2) is 60.7 Å². The van der Waals surface area contributed by atoms with Gasteiger partial charge in [0.2, 0.25) is 5.91 Å². The number of allylic oxidation sites excluding steroid dienone is 3. The van der Waals surface area contributed by atoms with Gasteiger partial charge in [0.25, 0.3) is 0 Å². The molecule has 0 spiro atoms. The second kappa shape index (κ2) is 7.83. The van der Waals surface area contributed by atoms with Crippen molar-refractivity contribution in [2.45, 2.75) is 24.9 Å². The predicted molar refractivity (Wildman–Crippen MR) is 106 cm³/mol. The molecule has 1 N–H and O–H groups in total. The van der Waals surface area contributed by atoms with Gasteiger partial charge in [-0.2, -0.15) is 0 Å².